The normalized spacial score (nSPS) is 10.9. The minimum atomic E-state index is -0.728. The minimum absolute atomic E-state index is 0.0231. The average Bonchev–Trinajstić information content (AvgIpc) is 2.86. The topological polar surface area (TPSA) is 100 Å². The summed E-state index contributed by atoms with van der Waals surface area (Å²) in [5.74, 6) is -0.744. The molecule has 0 saturated heterocycles. The smallest absolute Gasteiger partial charge is 0.349 e. The number of rotatable bonds is 11. The van der Waals surface area contributed by atoms with Gasteiger partial charge in [0.05, 0.1) is 6.54 Å². The van der Waals surface area contributed by atoms with Crippen molar-refractivity contribution in [1.82, 2.24) is 5.32 Å². The van der Waals surface area contributed by atoms with Gasteiger partial charge in [0.2, 0.25) is 0 Å². The Morgan fingerprint density at radius 1 is 0.694 bits per heavy atom. The molecule has 0 atom stereocenters. The molecule has 0 aliphatic carbocycles. The van der Waals surface area contributed by atoms with Crippen molar-refractivity contribution in [3.63, 3.8) is 0 Å². The number of Topliss-reactive ketones (excluding diaryl/α,β-unsaturated/α-hetero) is 1. The third kappa shape index (κ3) is 8.88. The molecule has 0 amide bonds. The molecule has 0 spiro atoms. The van der Waals surface area contributed by atoms with Gasteiger partial charge in [0, 0.05) is 11.1 Å². The fourth-order valence-electron chi connectivity index (χ4n) is 2.92. The van der Waals surface area contributed by atoms with Crippen LogP contribution < -0.4 is 24.3 Å². The van der Waals surface area contributed by atoms with Crippen LogP contribution in [0.25, 0.3) is 0 Å². The van der Waals surface area contributed by atoms with Crippen LogP contribution in [-0.4, -0.2) is 43.0 Å². The van der Waals surface area contributed by atoms with E-state index in [2.05, 4.69) is 5.32 Å². The predicted molar refractivity (Wildman–Crippen MR) is 134 cm³/mol. The number of benzene rings is 3. The zero-order valence-electron chi connectivity index (χ0n) is 20.5. The molecule has 1 N–H and O–H groups in total. The summed E-state index contributed by atoms with van der Waals surface area (Å²) in [6.07, 6.45) is 0. The second-order valence-corrected chi connectivity index (χ2v) is 8.84. The van der Waals surface area contributed by atoms with E-state index < -0.39 is 11.9 Å². The number of carbonyl (C=O) groups excluding carboxylic acids is 3. The highest BCUT2D eigenvalue weighted by Gasteiger charge is 2.19. The van der Waals surface area contributed by atoms with E-state index in [0.717, 1.165) is 0 Å². The summed E-state index contributed by atoms with van der Waals surface area (Å²) in [5.41, 5.74) is 0.0346. The largest absolute Gasteiger partial charge is 0.482 e. The fourth-order valence-corrected chi connectivity index (χ4v) is 2.92. The molecular weight excluding hydrogens is 462 g/mol. The molecule has 3 aromatic carbocycles. The molecule has 0 unspecified atom stereocenters. The number of esters is 2. The summed E-state index contributed by atoms with van der Waals surface area (Å²) in [7, 11) is 0. The Balaban J connectivity index is 1.71. The van der Waals surface area contributed by atoms with Crippen LogP contribution in [0.15, 0.2) is 78.9 Å². The maximum atomic E-state index is 12.7. The maximum absolute atomic E-state index is 12.7. The highest BCUT2D eigenvalue weighted by Crippen LogP contribution is 2.29. The lowest BCUT2D eigenvalue weighted by Crippen LogP contribution is -2.39. The van der Waals surface area contributed by atoms with Crippen LogP contribution >= 0.6 is 0 Å². The zero-order chi connectivity index (χ0) is 26.0. The molecule has 0 fully saturated rings. The second kappa shape index (κ2) is 12.5. The van der Waals surface area contributed by atoms with Crippen molar-refractivity contribution in [2.45, 2.75) is 26.3 Å². The number of hydrogen-bond acceptors (Lipinski definition) is 8. The quantitative estimate of drug-likeness (QED) is 0.242. The van der Waals surface area contributed by atoms with Gasteiger partial charge >= 0.3 is 11.9 Å². The fraction of sp³-hybridized carbons (Fsp3) is 0.250. The Bertz CT molecular complexity index is 1170. The molecule has 0 bridgehead atoms. The van der Waals surface area contributed by atoms with E-state index in [1.165, 1.54) is 18.2 Å². The van der Waals surface area contributed by atoms with Crippen LogP contribution in [0.1, 0.15) is 31.1 Å². The third-order valence-electron chi connectivity index (χ3n) is 4.69. The van der Waals surface area contributed by atoms with Crippen LogP contribution in [0, 0.1) is 0 Å². The van der Waals surface area contributed by atoms with Gasteiger partial charge in [-0.25, -0.2) is 9.59 Å². The molecule has 8 heteroatoms. The summed E-state index contributed by atoms with van der Waals surface area (Å²) in [6.45, 7) is 5.18. The van der Waals surface area contributed by atoms with E-state index in [1.807, 2.05) is 32.9 Å². The van der Waals surface area contributed by atoms with Crippen LogP contribution in [0.3, 0.4) is 0 Å². The molecule has 0 saturated carbocycles. The number of nitrogens with one attached hydrogen (secondary N) is 1. The van der Waals surface area contributed by atoms with Crippen molar-refractivity contribution >= 4 is 17.7 Å². The van der Waals surface area contributed by atoms with Crippen molar-refractivity contribution in [1.29, 1.82) is 0 Å². The van der Waals surface area contributed by atoms with Gasteiger partial charge in [-0.1, -0.05) is 36.4 Å². The predicted octanol–water partition coefficient (Wildman–Crippen LogP) is 4.23. The summed E-state index contributed by atoms with van der Waals surface area (Å²) < 4.78 is 21.6. The number of ketones is 1. The van der Waals surface area contributed by atoms with E-state index >= 15 is 0 Å². The van der Waals surface area contributed by atoms with E-state index in [1.54, 1.807) is 48.5 Å². The Morgan fingerprint density at radius 2 is 1.19 bits per heavy atom. The molecule has 3 rings (SSSR count). The number of carbonyl (C=O) groups is 3. The second-order valence-electron chi connectivity index (χ2n) is 8.84. The molecular formula is C28H29NO7. The Hall–Kier alpha value is -4.17. The van der Waals surface area contributed by atoms with Crippen molar-refractivity contribution in [2.24, 2.45) is 0 Å². The first kappa shape index (κ1) is 26.4. The summed E-state index contributed by atoms with van der Waals surface area (Å²) >= 11 is 0. The first-order valence-corrected chi connectivity index (χ1v) is 11.4. The molecule has 8 nitrogen and oxygen atoms in total. The lowest BCUT2D eigenvalue weighted by molar-refractivity contribution is -0.139. The van der Waals surface area contributed by atoms with Crippen molar-refractivity contribution in [3.8, 4) is 23.0 Å². The van der Waals surface area contributed by atoms with E-state index in [9.17, 15) is 14.4 Å². The van der Waals surface area contributed by atoms with Crippen molar-refractivity contribution in [3.05, 3.63) is 84.4 Å². The van der Waals surface area contributed by atoms with Gasteiger partial charge < -0.3 is 24.3 Å². The van der Waals surface area contributed by atoms with Crippen molar-refractivity contribution < 1.29 is 33.3 Å². The average molecular weight is 492 g/mol. The van der Waals surface area contributed by atoms with Crippen LogP contribution in [0.4, 0.5) is 0 Å². The molecule has 0 radical (unpaired) electrons. The molecule has 188 valence electrons. The third-order valence-corrected chi connectivity index (χ3v) is 4.69. The minimum Gasteiger partial charge on any atom is -0.482 e. The molecule has 3 aromatic rings. The van der Waals surface area contributed by atoms with Gasteiger partial charge in [0.15, 0.2) is 30.5 Å². The summed E-state index contributed by atoms with van der Waals surface area (Å²) in [5, 5.41) is 3.12. The lowest BCUT2D eigenvalue weighted by Gasteiger charge is -2.20. The van der Waals surface area contributed by atoms with Crippen LogP contribution in [-0.2, 0) is 9.59 Å². The Morgan fingerprint density at radius 3 is 1.69 bits per heavy atom. The van der Waals surface area contributed by atoms with E-state index in [4.69, 9.17) is 18.9 Å². The Labute approximate surface area is 210 Å². The molecule has 0 aliphatic heterocycles. The standard InChI is InChI=1S/C28H29NO7/c1-28(2,3)29-17-23(30)20-14-15-24(35-26(31)18-33-21-10-6-4-7-11-21)25(16-20)36-27(32)19-34-22-12-8-5-9-13-22/h4-16,29H,17-19H2,1-3H3. The number of hydrogen-bond donors (Lipinski definition) is 1. The van der Waals surface area contributed by atoms with Gasteiger partial charge in [0.1, 0.15) is 11.5 Å². The van der Waals surface area contributed by atoms with Gasteiger partial charge in [-0.05, 0) is 63.2 Å². The molecule has 0 aromatic heterocycles. The number of ether oxygens (including phenoxy) is 4. The highest BCUT2D eigenvalue weighted by atomic mass is 16.6. The van der Waals surface area contributed by atoms with Crippen LogP contribution in [0.5, 0.6) is 23.0 Å². The first-order valence-electron chi connectivity index (χ1n) is 11.4. The molecule has 0 aliphatic rings. The zero-order valence-corrected chi connectivity index (χ0v) is 20.5. The molecule has 36 heavy (non-hydrogen) atoms. The van der Waals surface area contributed by atoms with E-state index in [-0.39, 0.29) is 42.6 Å². The van der Waals surface area contributed by atoms with Gasteiger partial charge in [-0.3, -0.25) is 4.79 Å². The summed E-state index contributed by atoms with van der Waals surface area (Å²) in [4.78, 5) is 37.5. The first-order chi connectivity index (χ1) is 17.2. The lowest BCUT2D eigenvalue weighted by atomic mass is 10.1. The van der Waals surface area contributed by atoms with Crippen LogP contribution in [0.2, 0.25) is 0 Å². The van der Waals surface area contributed by atoms with Gasteiger partial charge in [-0.2, -0.15) is 0 Å². The molecule has 0 heterocycles. The SMILES string of the molecule is CC(C)(C)NCC(=O)c1ccc(OC(=O)COc2ccccc2)c(OC(=O)COc2ccccc2)c1. The highest BCUT2D eigenvalue weighted by molar-refractivity contribution is 5.98. The van der Waals surface area contributed by atoms with Gasteiger partial charge in [-0.15, -0.1) is 0 Å². The maximum Gasteiger partial charge on any atom is 0.349 e. The van der Waals surface area contributed by atoms with Crippen molar-refractivity contribution in [2.75, 3.05) is 19.8 Å². The summed E-state index contributed by atoms with van der Waals surface area (Å²) in [6, 6.07) is 21.9. The Kier molecular flexibility index (Phi) is 9.19. The number of para-hydroxylation sites is 2. The monoisotopic (exact) mass is 491 g/mol. The van der Waals surface area contributed by atoms with Gasteiger partial charge in [0.25, 0.3) is 0 Å². The van der Waals surface area contributed by atoms with E-state index in [0.29, 0.717) is 17.1 Å².